The second-order valence-electron chi connectivity index (χ2n) is 9.40. The molecule has 0 radical (unpaired) electrons. The zero-order valence-electron chi connectivity index (χ0n) is 19.8. The summed E-state index contributed by atoms with van der Waals surface area (Å²) in [4.78, 5) is 17.8. The van der Waals surface area contributed by atoms with Crippen LogP contribution in [0, 0.1) is 17.2 Å². The Bertz CT molecular complexity index is 1030. The number of ether oxygens (including phenoxy) is 1. The fourth-order valence-corrected chi connectivity index (χ4v) is 3.85. The molecule has 0 saturated carbocycles. The number of hydrogen-bond acceptors (Lipinski definition) is 4. The van der Waals surface area contributed by atoms with Crippen molar-refractivity contribution in [3.63, 3.8) is 0 Å². The molecule has 1 atom stereocenters. The normalized spacial score (nSPS) is 16.5. The average molecular weight is 435 g/mol. The van der Waals surface area contributed by atoms with Crippen LogP contribution in [-0.4, -0.2) is 43.0 Å². The molecule has 1 amide bonds. The van der Waals surface area contributed by atoms with Gasteiger partial charge in [-0.25, -0.2) is 0 Å². The van der Waals surface area contributed by atoms with Gasteiger partial charge in [0, 0.05) is 24.0 Å². The Balaban J connectivity index is 1.90. The molecule has 1 aliphatic carbocycles. The molecule has 1 unspecified atom stereocenters. The van der Waals surface area contributed by atoms with Crippen LogP contribution in [0.5, 0.6) is 0 Å². The molecule has 0 spiro atoms. The minimum atomic E-state index is -0.447. The van der Waals surface area contributed by atoms with Gasteiger partial charge in [0.25, 0.3) is 5.91 Å². The number of aromatic amines is 1. The predicted octanol–water partition coefficient (Wildman–Crippen LogP) is 5.16. The Kier molecular flexibility index (Phi) is 7.55. The molecule has 0 fully saturated rings. The topological polar surface area (TPSA) is 81.2 Å². The third-order valence-electron chi connectivity index (χ3n) is 6.04. The molecule has 3 rings (SSSR count). The molecule has 1 aromatic carbocycles. The Morgan fingerprint density at radius 1 is 1.34 bits per heavy atom. The molecule has 1 aliphatic rings. The molecule has 6 nitrogen and oxygen atoms in total. The molecule has 0 aliphatic heterocycles. The van der Waals surface area contributed by atoms with Crippen molar-refractivity contribution in [3.05, 3.63) is 58.9 Å². The number of amides is 1. The van der Waals surface area contributed by atoms with E-state index in [0.717, 1.165) is 42.6 Å². The molecule has 32 heavy (non-hydrogen) atoms. The van der Waals surface area contributed by atoms with Crippen molar-refractivity contribution in [2.45, 2.75) is 45.6 Å². The maximum atomic E-state index is 12.8. The largest absolute Gasteiger partial charge is 0.370 e. The highest BCUT2D eigenvalue weighted by molar-refractivity contribution is 6.04. The first-order valence-corrected chi connectivity index (χ1v) is 11.2. The number of likely N-dealkylation sites (N-methyl/N-ethyl adjacent to an activating group) is 1. The summed E-state index contributed by atoms with van der Waals surface area (Å²) in [7, 11) is 4.07. The van der Waals surface area contributed by atoms with Crippen molar-refractivity contribution in [2.75, 3.05) is 32.6 Å². The molecule has 0 saturated heterocycles. The number of allylic oxidation sites excluding steroid dienone is 2. The van der Waals surface area contributed by atoms with E-state index in [0.29, 0.717) is 23.8 Å². The van der Waals surface area contributed by atoms with Crippen LogP contribution in [0.4, 0.5) is 5.69 Å². The van der Waals surface area contributed by atoms with Crippen LogP contribution in [-0.2, 0) is 10.3 Å². The summed E-state index contributed by atoms with van der Waals surface area (Å²) in [5.41, 5.74) is 4.51. The monoisotopic (exact) mass is 434 g/mol. The van der Waals surface area contributed by atoms with E-state index >= 15 is 0 Å². The quantitative estimate of drug-likeness (QED) is 0.602. The molecular formula is C26H34N4O2. The molecular weight excluding hydrogens is 400 g/mol. The summed E-state index contributed by atoms with van der Waals surface area (Å²) in [6.07, 6.45) is 6.99. The number of nitriles is 1. The number of carbonyl (C=O) groups is 1. The summed E-state index contributed by atoms with van der Waals surface area (Å²) in [5.74, 6) is 0.417. The van der Waals surface area contributed by atoms with Crippen molar-refractivity contribution in [1.82, 2.24) is 9.88 Å². The minimum Gasteiger partial charge on any atom is -0.370 e. The molecule has 2 aromatic rings. The van der Waals surface area contributed by atoms with Crippen LogP contribution in [0.2, 0.25) is 0 Å². The van der Waals surface area contributed by atoms with Gasteiger partial charge in [0.05, 0.1) is 17.8 Å². The lowest BCUT2D eigenvalue weighted by Crippen LogP contribution is -2.27. The second kappa shape index (κ2) is 10.2. The summed E-state index contributed by atoms with van der Waals surface area (Å²) in [5, 5.41) is 12.1. The Morgan fingerprint density at radius 2 is 2.12 bits per heavy atom. The van der Waals surface area contributed by atoms with Gasteiger partial charge in [0.1, 0.15) is 11.8 Å². The van der Waals surface area contributed by atoms with Crippen molar-refractivity contribution in [2.24, 2.45) is 5.92 Å². The van der Waals surface area contributed by atoms with E-state index in [2.05, 4.69) is 48.1 Å². The summed E-state index contributed by atoms with van der Waals surface area (Å²) in [6.45, 7) is 7.93. The van der Waals surface area contributed by atoms with Crippen LogP contribution in [0.25, 0.3) is 5.57 Å². The standard InChI is InChI=1S/C26H34N4O2/c1-18-6-8-20(9-7-18)22-15-21(26(2,3)32-13-12-30(4)5)10-11-23(22)29-25(31)24-14-19(16-27)17-28-24/h8,10-11,14-15,17-18,28H,6-7,9,12-13H2,1-5H3,(H,29,31). The smallest absolute Gasteiger partial charge is 0.272 e. The second-order valence-corrected chi connectivity index (χ2v) is 9.40. The highest BCUT2D eigenvalue weighted by Gasteiger charge is 2.24. The SMILES string of the molecule is CC1CC=C(c2cc(C(C)(C)OCCN(C)C)ccc2NC(=O)c2cc(C#N)c[nH]2)CC1. The van der Waals surface area contributed by atoms with Gasteiger partial charge in [-0.1, -0.05) is 19.1 Å². The third kappa shape index (κ3) is 5.87. The molecule has 1 aromatic heterocycles. The van der Waals surface area contributed by atoms with Crippen molar-refractivity contribution in [1.29, 1.82) is 5.26 Å². The Morgan fingerprint density at radius 3 is 2.75 bits per heavy atom. The summed E-state index contributed by atoms with van der Waals surface area (Å²) >= 11 is 0. The van der Waals surface area contributed by atoms with Gasteiger partial charge < -0.3 is 19.9 Å². The number of aromatic nitrogens is 1. The molecule has 2 N–H and O–H groups in total. The first-order valence-electron chi connectivity index (χ1n) is 11.2. The number of benzene rings is 1. The number of H-pyrrole nitrogens is 1. The van der Waals surface area contributed by atoms with Gasteiger partial charge in [-0.3, -0.25) is 4.79 Å². The van der Waals surface area contributed by atoms with E-state index in [1.165, 1.54) is 11.8 Å². The maximum absolute atomic E-state index is 12.8. The number of anilines is 1. The van der Waals surface area contributed by atoms with Crippen LogP contribution < -0.4 is 5.32 Å². The first kappa shape index (κ1) is 23.8. The highest BCUT2D eigenvalue weighted by Crippen LogP contribution is 2.37. The van der Waals surface area contributed by atoms with Crippen LogP contribution in [0.1, 0.15) is 67.2 Å². The van der Waals surface area contributed by atoms with E-state index < -0.39 is 5.60 Å². The molecule has 170 valence electrons. The lowest BCUT2D eigenvalue weighted by molar-refractivity contribution is -0.0268. The van der Waals surface area contributed by atoms with E-state index in [1.54, 1.807) is 6.07 Å². The molecule has 0 bridgehead atoms. The third-order valence-corrected chi connectivity index (χ3v) is 6.04. The fraction of sp³-hybridized carbons (Fsp3) is 0.462. The number of carbonyl (C=O) groups excluding carboxylic acids is 1. The summed E-state index contributed by atoms with van der Waals surface area (Å²) < 4.78 is 6.21. The van der Waals surface area contributed by atoms with Crippen molar-refractivity contribution < 1.29 is 9.53 Å². The maximum Gasteiger partial charge on any atom is 0.272 e. The van der Waals surface area contributed by atoms with E-state index in [-0.39, 0.29) is 5.91 Å². The lowest BCUT2D eigenvalue weighted by atomic mass is 9.85. The van der Waals surface area contributed by atoms with Gasteiger partial charge in [-0.2, -0.15) is 5.26 Å². The van der Waals surface area contributed by atoms with Gasteiger partial charge in [0.2, 0.25) is 0 Å². The van der Waals surface area contributed by atoms with Crippen molar-refractivity contribution >= 4 is 17.2 Å². The Labute approximate surface area is 191 Å². The van der Waals surface area contributed by atoms with Gasteiger partial charge >= 0.3 is 0 Å². The fourth-order valence-electron chi connectivity index (χ4n) is 3.85. The van der Waals surface area contributed by atoms with Crippen LogP contribution in [0.3, 0.4) is 0 Å². The van der Waals surface area contributed by atoms with E-state index in [9.17, 15) is 4.79 Å². The summed E-state index contributed by atoms with van der Waals surface area (Å²) in [6, 6.07) is 9.75. The number of rotatable bonds is 8. The van der Waals surface area contributed by atoms with Crippen LogP contribution in [0.15, 0.2) is 36.5 Å². The average Bonchev–Trinajstić information content (AvgIpc) is 3.24. The predicted molar refractivity (Wildman–Crippen MR) is 128 cm³/mol. The van der Waals surface area contributed by atoms with E-state index in [1.807, 2.05) is 32.3 Å². The van der Waals surface area contributed by atoms with E-state index in [4.69, 9.17) is 10.00 Å². The minimum absolute atomic E-state index is 0.258. The van der Waals surface area contributed by atoms with Crippen molar-refractivity contribution in [3.8, 4) is 6.07 Å². The van der Waals surface area contributed by atoms with Gasteiger partial charge in [0.15, 0.2) is 0 Å². The number of hydrogen-bond donors (Lipinski definition) is 2. The van der Waals surface area contributed by atoms with Crippen LogP contribution >= 0.6 is 0 Å². The zero-order valence-corrected chi connectivity index (χ0v) is 19.8. The number of nitrogens with zero attached hydrogens (tertiary/aromatic N) is 2. The first-order chi connectivity index (χ1) is 15.2. The van der Waals surface area contributed by atoms with Gasteiger partial charge in [-0.15, -0.1) is 0 Å². The van der Waals surface area contributed by atoms with Gasteiger partial charge in [-0.05, 0) is 82.5 Å². The number of nitrogens with one attached hydrogen (secondary N) is 2. The molecule has 1 heterocycles. The highest BCUT2D eigenvalue weighted by atomic mass is 16.5. The Hall–Kier alpha value is -2.88. The molecule has 6 heteroatoms. The lowest BCUT2D eigenvalue weighted by Gasteiger charge is -2.29. The zero-order chi connectivity index (χ0) is 23.3.